The van der Waals surface area contributed by atoms with Crippen molar-refractivity contribution in [1.29, 1.82) is 0 Å². The summed E-state index contributed by atoms with van der Waals surface area (Å²) in [6, 6.07) is 22.2. The third-order valence-electron chi connectivity index (χ3n) is 5.19. The first-order valence-electron chi connectivity index (χ1n) is 10.1. The van der Waals surface area contributed by atoms with E-state index in [4.69, 9.17) is 5.73 Å². The molecule has 0 bridgehead atoms. The first kappa shape index (κ1) is 21.1. The van der Waals surface area contributed by atoms with Gasteiger partial charge in [0.25, 0.3) is 0 Å². The molecule has 3 aromatic carbocycles. The number of hydrogen-bond acceptors (Lipinski definition) is 4. The van der Waals surface area contributed by atoms with E-state index in [9.17, 15) is 13.2 Å². The number of thioether (sulfide) groups is 1. The third kappa shape index (κ3) is 4.19. The summed E-state index contributed by atoms with van der Waals surface area (Å²) in [6.45, 7) is 0. The summed E-state index contributed by atoms with van der Waals surface area (Å²) in [5, 5.41) is 5.33. The molecule has 0 saturated carbocycles. The Bertz CT molecular complexity index is 1390. The van der Waals surface area contributed by atoms with Gasteiger partial charge in [-0.1, -0.05) is 60.3 Å². The SMILES string of the molecule is Nc1c(-c2ccccc2)c(CSc2nc3ccccc3[nH]2)nn1-c1cccc(C(F)(F)F)c1. The van der Waals surface area contributed by atoms with Crippen molar-refractivity contribution >= 4 is 28.6 Å². The standard InChI is InChI=1S/C24H18F3N5S/c25-24(26,27)16-9-6-10-17(13-16)32-22(28)21(15-7-2-1-3-8-15)20(31-32)14-33-23-29-18-11-4-5-12-19(18)30-23/h1-13H,14,28H2,(H,29,30). The molecular formula is C24H18F3N5S. The zero-order chi connectivity index (χ0) is 23.0. The number of benzene rings is 3. The molecule has 0 aliphatic rings. The molecule has 0 radical (unpaired) electrons. The Morgan fingerprint density at radius 1 is 0.939 bits per heavy atom. The van der Waals surface area contributed by atoms with E-state index >= 15 is 0 Å². The van der Waals surface area contributed by atoms with Crippen molar-refractivity contribution in [3.63, 3.8) is 0 Å². The van der Waals surface area contributed by atoms with Crippen LogP contribution in [0.3, 0.4) is 0 Å². The van der Waals surface area contributed by atoms with Crippen LogP contribution in [0.1, 0.15) is 11.3 Å². The zero-order valence-corrected chi connectivity index (χ0v) is 18.0. The van der Waals surface area contributed by atoms with Gasteiger partial charge in [0.15, 0.2) is 5.16 Å². The van der Waals surface area contributed by atoms with E-state index in [0.717, 1.165) is 33.9 Å². The Morgan fingerprint density at radius 3 is 2.45 bits per heavy atom. The summed E-state index contributed by atoms with van der Waals surface area (Å²) in [6.07, 6.45) is -4.46. The van der Waals surface area contributed by atoms with Crippen LogP contribution < -0.4 is 5.73 Å². The van der Waals surface area contributed by atoms with Crippen LogP contribution in [-0.4, -0.2) is 19.7 Å². The van der Waals surface area contributed by atoms with Crippen molar-refractivity contribution in [2.45, 2.75) is 17.1 Å². The Hall–Kier alpha value is -3.72. The number of aromatic nitrogens is 4. The number of aromatic amines is 1. The molecule has 0 atom stereocenters. The third-order valence-corrected chi connectivity index (χ3v) is 6.07. The number of nitrogens with one attached hydrogen (secondary N) is 1. The second-order valence-corrected chi connectivity index (χ2v) is 8.34. The predicted molar refractivity (Wildman–Crippen MR) is 124 cm³/mol. The smallest absolute Gasteiger partial charge is 0.383 e. The average Bonchev–Trinajstić information content (AvgIpc) is 3.38. The number of nitrogen functional groups attached to an aromatic ring is 1. The number of alkyl halides is 3. The highest BCUT2D eigenvalue weighted by atomic mass is 32.2. The molecule has 9 heteroatoms. The Kier molecular flexibility index (Phi) is 5.33. The first-order chi connectivity index (χ1) is 15.9. The van der Waals surface area contributed by atoms with Crippen molar-refractivity contribution in [1.82, 2.24) is 19.7 Å². The van der Waals surface area contributed by atoms with Gasteiger partial charge in [0.1, 0.15) is 5.82 Å². The number of fused-ring (bicyclic) bond motifs is 1. The minimum Gasteiger partial charge on any atom is -0.383 e. The first-order valence-corrected chi connectivity index (χ1v) is 11.1. The average molecular weight is 466 g/mol. The summed E-state index contributed by atoms with van der Waals surface area (Å²) < 4.78 is 41.1. The molecule has 2 heterocycles. The van der Waals surface area contributed by atoms with Crippen molar-refractivity contribution in [3.05, 3.63) is 90.1 Å². The number of imidazole rings is 1. The minimum atomic E-state index is -4.46. The van der Waals surface area contributed by atoms with E-state index in [0.29, 0.717) is 17.0 Å². The van der Waals surface area contributed by atoms with E-state index in [1.165, 1.54) is 22.5 Å². The normalized spacial score (nSPS) is 11.8. The lowest BCUT2D eigenvalue weighted by molar-refractivity contribution is -0.137. The molecule has 166 valence electrons. The van der Waals surface area contributed by atoms with Gasteiger partial charge in [0.2, 0.25) is 0 Å². The monoisotopic (exact) mass is 465 g/mol. The van der Waals surface area contributed by atoms with Crippen molar-refractivity contribution in [2.24, 2.45) is 0 Å². The van der Waals surface area contributed by atoms with Crippen molar-refractivity contribution in [2.75, 3.05) is 5.73 Å². The molecule has 5 nitrogen and oxygen atoms in total. The molecule has 33 heavy (non-hydrogen) atoms. The van der Waals surface area contributed by atoms with Gasteiger partial charge in [-0.25, -0.2) is 9.67 Å². The van der Waals surface area contributed by atoms with E-state index in [-0.39, 0.29) is 11.5 Å². The number of hydrogen-bond donors (Lipinski definition) is 2. The maximum Gasteiger partial charge on any atom is 0.416 e. The number of nitrogens with zero attached hydrogens (tertiary/aromatic N) is 3. The highest BCUT2D eigenvalue weighted by Gasteiger charge is 2.31. The fourth-order valence-electron chi connectivity index (χ4n) is 3.64. The van der Waals surface area contributed by atoms with Gasteiger partial charge in [-0.05, 0) is 35.9 Å². The second kappa shape index (κ2) is 8.32. The number of halogens is 3. The fraction of sp³-hybridized carbons (Fsp3) is 0.0833. The van der Waals surface area contributed by atoms with Gasteiger partial charge in [0.05, 0.1) is 28.0 Å². The minimum absolute atomic E-state index is 0.250. The summed E-state index contributed by atoms with van der Waals surface area (Å²) in [5.74, 6) is 0.709. The number of nitrogens with two attached hydrogens (primary N) is 1. The molecule has 5 rings (SSSR count). The van der Waals surface area contributed by atoms with Gasteiger partial charge < -0.3 is 10.7 Å². The van der Waals surface area contributed by atoms with Gasteiger partial charge in [-0.3, -0.25) is 0 Å². The van der Waals surface area contributed by atoms with Crippen molar-refractivity contribution in [3.8, 4) is 16.8 Å². The molecule has 3 N–H and O–H groups in total. The molecule has 5 aromatic rings. The Labute approximate surface area is 191 Å². The summed E-state index contributed by atoms with van der Waals surface area (Å²) in [7, 11) is 0. The lowest BCUT2D eigenvalue weighted by atomic mass is 10.1. The summed E-state index contributed by atoms with van der Waals surface area (Å²) >= 11 is 1.45. The molecule has 0 amide bonds. The number of rotatable bonds is 5. The summed E-state index contributed by atoms with van der Waals surface area (Å²) in [5.41, 5.74) is 9.91. The molecule has 0 spiro atoms. The van der Waals surface area contributed by atoms with Crippen LogP contribution in [0.25, 0.3) is 27.8 Å². The second-order valence-electron chi connectivity index (χ2n) is 7.38. The Balaban J connectivity index is 1.55. The Morgan fingerprint density at radius 2 is 1.70 bits per heavy atom. The number of para-hydroxylation sites is 2. The van der Waals surface area contributed by atoms with Crippen LogP contribution >= 0.6 is 11.8 Å². The van der Waals surface area contributed by atoms with Gasteiger partial charge in [-0.15, -0.1) is 0 Å². The summed E-state index contributed by atoms with van der Waals surface area (Å²) in [4.78, 5) is 7.84. The fourth-order valence-corrected chi connectivity index (χ4v) is 4.46. The predicted octanol–water partition coefficient (Wildman–Crippen LogP) is 6.31. The lowest BCUT2D eigenvalue weighted by Gasteiger charge is -2.10. The van der Waals surface area contributed by atoms with E-state index < -0.39 is 11.7 Å². The molecule has 0 aliphatic carbocycles. The quantitative estimate of drug-likeness (QED) is 0.299. The lowest BCUT2D eigenvalue weighted by Crippen LogP contribution is -2.08. The van der Waals surface area contributed by atoms with Crippen LogP contribution in [0.2, 0.25) is 0 Å². The van der Waals surface area contributed by atoms with E-state index in [1.807, 2.05) is 54.6 Å². The van der Waals surface area contributed by atoms with Crippen LogP contribution in [0.15, 0.2) is 84.0 Å². The number of H-pyrrole nitrogens is 1. The highest BCUT2D eigenvalue weighted by Crippen LogP contribution is 2.36. The molecule has 2 aromatic heterocycles. The van der Waals surface area contributed by atoms with Crippen LogP contribution in [0.4, 0.5) is 19.0 Å². The largest absolute Gasteiger partial charge is 0.416 e. The van der Waals surface area contributed by atoms with Gasteiger partial charge in [-0.2, -0.15) is 18.3 Å². The van der Waals surface area contributed by atoms with Gasteiger partial charge >= 0.3 is 6.18 Å². The topological polar surface area (TPSA) is 72.5 Å². The maximum absolute atomic E-state index is 13.3. The van der Waals surface area contributed by atoms with E-state index in [2.05, 4.69) is 15.1 Å². The van der Waals surface area contributed by atoms with Crippen molar-refractivity contribution < 1.29 is 13.2 Å². The molecular weight excluding hydrogens is 447 g/mol. The molecule has 0 fully saturated rings. The molecule has 0 saturated heterocycles. The van der Waals surface area contributed by atoms with Crippen LogP contribution in [-0.2, 0) is 11.9 Å². The highest BCUT2D eigenvalue weighted by molar-refractivity contribution is 7.98. The van der Waals surface area contributed by atoms with E-state index in [1.54, 1.807) is 6.07 Å². The zero-order valence-electron chi connectivity index (χ0n) is 17.2. The van der Waals surface area contributed by atoms with Crippen LogP contribution in [0, 0.1) is 0 Å². The maximum atomic E-state index is 13.3. The van der Waals surface area contributed by atoms with Gasteiger partial charge in [0, 0.05) is 11.3 Å². The van der Waals surface area contributed by atoms with Crippen LogP contribution in [0.5, 0.6) is 0 Å². The number of anilines is 1. The molecule has 0 aliphatic heterocycles. The molecule has 0 unspecified atom stereocenters.